The smallest absolute Gasteiger partial charge is 0.348 e. The van der Waals surface area contributed by atoms with E-state index >= 15 is 0 Å². The standard InChI is InChI=1S/C30H41NO7S/c1-20-4-6-21(7-5-20)27(33)31(22-8-13-30(36,14-9-22)19-38-23-11-15-37-17-23)25-16-24(39-26(25)28(34)35)10-12-29(2,3)18-32/h4,16,21-23,32,36H,5-9,11,13-15,17-19H2,1-3H3,(H,34,35). The average Bonchev–Trinajstić information content (AvgIpc) is 3.59. The lowest BCUT2D eigenvalue weighted by molar-refractivity contribution is -0.124. The van der Waals surface area contributed by atoms with E-state index in [2.05, 4.69) is 24.8 Å². The Balaban J connectivity index is 1.60. The van der Waals surface area contributed by atoms with Gasteiger partial charge in [0.15, 0.2) is 0 Å². The maximum absolute atomic E-state index is 14.1. The van der Waals surface area contributed by atoms with Gasteiger partial charge >= 0.3 is 5.97 Å². The van der Waals surface area contributed by atoms with E-state index < -0.39 is 17.0 Å². The number of allylic oxidation sites excluding steroid dienone is 2. The van der Waals surface area contributed by atoms with Crippen LogP contribution in [0.25, 0.3) is 0 Å². The molecule has 1 saturated carbocycles. The number of carboxylic acid groups (broad SMARTS) is 1. The molecule has 3 aliphatic rings. The summed E-state index contributed by atoms with van der Waals surface area (Å²) in [6.07, 6.45) is 7.16. The number of hydrogen-bond donors (Lipinski definition) is 3. The number of carbonyl (C=O) groups is 2. The lowest BCUT2D eigenvalue weighted by atomic mass is 9.81. The van der Waals surface area contributed by atoms with Crippen LogP contribution in [0.1, 0.15) is 86.7 Å². The highest BCUT2D eigenvalue weighted by atomic mass is 32.1. The van der Waals surface area contributed by atoms with Gasteiger partial charge in [0.25, 0.3) is 0 Å². The van der Waals surface area contributed by atoms with Gasteiger partial charge in [-0.2, -0.15) is 0 Å². The second-order valence-electron chi connectivity index (χ2n) is 11.9. The Bertz CT molecular complexity index is 1130. The Hall–Kier alpha value is -2.22. The second-order valence-corrected chi connectivity index (χ2v) is 13.0. The van der Waals surface area contributed by atoms with Crippen molar-refractivity contribution in [3.63, 3.8) is 0 Å². The third-order valence-corrected chi connectivity index (χ3v) is 9.06. The largest absolute Gasteiger partial charge is 0.477 e. The van der Waals surface area contributed by atoms with Gasteiger partial charge in [-0.3, -0.25) is 4.79 Å². The third-order valence-electron chi connectivity index (χ3n) is 8.04. The molecule has 1 aromatic heterocycles. The fourth-order valence-electron chi connectivity index (χ4n) is 5.39. The van der Waals surface area contributed by atoms with Gasteiger partial charge in [-0.05, 0) is 78.2 Å². The molecular weight excluding hydrogens is 518 g/mol. The summed E-state index contributed by atoms with van der Waals surface area (Å²) < 4.78 is 11.3. The number of anilines is 1. The van der Waals surface area contributed by atoms with Crippen LogP contribution in [0.5, 0.6) is 0 Å². The van der Waals surface area contributed by atoms with Crippen molar-refractivity contribution in [1.82, 2.24) is 0 Å². The molecule has 0 aromatic carbocycles. The van der Waals surface area contributed by atoms with Crippen LogP contribution in [0.2, 0.25) is 0 Å². The van der Waals surface area contributed by atoms with Crippen molar-refractivity contribution in [1.29, 1.82) is 0 Å². The highest BCUT2D eigenvalue weighted by Crippen LogP contribution is 2.40. The molecular formula is C30H41NO7S. The number of hydrogen-bond acceptors (Lipinski definition) is 7. The summed E-state index contributed by atoms with van der Waals surface area (Å²) >= 11 is 1.06. The van der Waals surface area contributed by atoms with Gasteiger partial charge in [0.05, 0.1) is 42.1 Å². The van der Waals surface area contributed by atoms with E-state index in [1.54, 1.807) is 11.0 Å². The Morgan fingerprint density at radius 1 is 1.26 bits per heavy atom. The van der Waals surface area contributed by atoms with E-state index in [9.17, 15) is 24.9 Å². The highest BCUT2D eigenvalue weighted by molar-refractivity contribution is 7.15. The molecule has 1 saturated heterocycles. The predicted octanol–water partition coefficient (Wildman–Crippen LogP) is 4.37. The molecule has 214 valence electrons. The van der Waals surface area contributed by atoms with Crippen LogP contribution in [0.3, 0.4) is 0 Å². The fraction of sp³-hybridized carbons (Fsp3) is 0.667. The monoisotopic (exact) mass is 559 g/mol. The molecule has 0 bridgehead atoms. The van der Waals surface area contributed by atoms with E-state index in [1.165, 1.54) is 5.57 Å². The first-order valence-electron chi connectivity index (χ1n) is 13.9. The first-order chi connectivity index (χ1) is 18.5. The maximum atomic E-state index is 14.1. The van der Waals surface area contributed by atoms with E-state index in [1.807, 2.05) is 13.8 Å². The number of rotatable bonds is 8. The second kappa shape index (κ2) is 12.5. The van der Waals surface area contributed by atoms with Gasteiger partial charge in [-0.25, -0.2) is 4.79 Å². The van der Waals surface area contributed by atoms with Crippen molar-refractivity contribution in [2.24, 2.45) is 11.3 Å². The van der Waals surface area contributed by atoms with Crippen LogP contribution in [-0.2, 0) is 14.3 Å². The lowest BCUT2D eigenvalue weighted by Gasteiger charge is -2.42. The van der Waals surface area contributed by atoms with Gasteiger partial charge in [0.1, 0.15) is 4.88 Å². The number of ether oxygens (including phenoxy) is 2. The summed E-state index contributed by atoms with van der Waals surface area (Å²) in [6, 6.07) is 1.47. The molecule has 9 heteroatoms. The molecule has 4 rings (SSSR count). The van der Waals surface area contributed by atoms with Crippen LogP contribution < -0.4 is 4.90 Å². The minimum Gasteiger partial charge on any atom is -0.477 e. The van der Waals surface area contributed by atoms with Crippen molar-refractivity contribution in [3.8, 4) is 11.8 Å². The van der Waals surface area contributed by atoms with E-state index in [4.69, 9.17) is 9.47 Å². The molecule has 1 amide bonds. The first kappa shape index (κ1) is 29.8. The zero-order chi connectivity index (χ0) is 28.2. The van der Waals surface area contributed by atoms with Crippen molar-refractivity contribution in [2.45, 2.75) is 89.9 Å². The Morgan fingerprint density at radius 3 is 2.59 bits per heavy atom. The van der Waals surface area contributed by atoms with Gasteiger partial charge in [0.2, 0.25) is 5.91 Å². The summed E-state index contributed by atoms with van der Waals surface area (Å²) in [6.45, 7) is 7.03. The SMILES string of the molecule is CC1=CCC(C(=O)N(c2cc(C#CC(C)(C)CO)sc2C(=O)O)C2CCC(O)(COC3CCOC3)CC2)CC1. The maximum Gasteiger partial charge on any atom is 0.348 e. The molecule has 0 radical (unpaired) electrons. The van der Waals surface area contributed by atoms with Crippen molar-refractivity contribution in [3.05, 3.63) is 27.5 Å². The Morgan fingerprint density at radius 2 is 2.00 bits per heavy atom. The summed E-state index contributed by atoms with van der Waals surface area (Å²) in [5.41, 5.74) is 0.0435. The minimum atomic E-state index is -1.10. The molecule has 2 atom stereocenters. The van der Waals surface area contributed by atoms with E-state index in [-0.39, 0.29) is 42.1 Å². The quantitative estimate of drug-likeness (QED) is 0.320. The minimum absolute atomic E-state index is 0.00640. The van der Waals surface area contributed by atoms with Gasteiger partial charge in [0, 0.05) is 24.0 Å². The van der Waals surface area contributed by atoms with Crippen LogP contribution in [0.4, 0.5) is 5.69 Å². The summed E-state index contributed by atoms with van der Waals surface area (Å²) in [5.74, 6) is 4.66. The zero-order valence-corrected chi connectivity index (χ0v) is 24.0. The first-order valence-corrected chi connectivity index (χ1v) is 14.7. The van der Waals surface area contributed by atoms with E-state index in [0.717, 1.165) is 30.6 Å². The number of aromatic carboxylic acids is 1. The Kier molecular flexibility index (Phi) is 9.56. The van der Waals surface area contributed by atoms with Crippen molar-refractivity contribution < 1.29 is 34.4 Å². The molecule has 1 aromatic rings. The normalized spacial score (nSPS) is 27.4. The number of aliphatic hydroxyl groups excluding tert-OH is 1. The zero-order valence-electron chi connectivity index (χ0n) is 23.2. The molecule has 8 nitrogen and oxygen atoms in total. The third kappa shape index (κ3) is 7.50. The average molecular weight is 560 g/mol. The fourth-order valence-corrected chi connectivity index (χ4v) is 6.23. The number of carboxylic acids is 1. The highest BCUT2D eigenvalue weighted by Gasteiger charge is 2.41. The molecule has 2 heterocycles. The van der Waals surface area contributed by atoms with Crippen LogP contribution in [-0.4, -0.2) is 71.4 Å². The van der Waals surface area contributed by atoms with Crippen molar-refractivity contribution in [2.75, 3.05) is 31.3 Å². The van der Waals surface area contributed by atoms with Gasteiger partial charge in [-0.15, -0.1) is 11.3 Å². The lowest BCUT2D eigenvalue weighted by Crippen LogP contribution is -2.50. The molecule has 1 aliphatic heterocycles. The number of thiophene rings is 1. The number of carbonyl (C=O) groups excluding carboxylic acids is 1. The van der Waals surface area contributed by atoms with Gasteiger partial charge < -0.3 is 29.7 Å². The molecule has 3 N–H and O–H groups in total. The number of nitrogens with zero attached hydrogens (tertiary/aromatic N) is 1. The summed E-state index contributed by atoms with van der Waals surface area (Å²) in [7, 11) is 0. The van der Waals surface area contributed by atoms with Crippen LogP contribution in [0.15, 0.2) is 17.7 Å². The van der Waals surface area contributed by atoms with Crippen LogP contribution in [0, 0.1) is 23.2 Å². The molecule has 2 aliphatic carbocycles. The number of aliphatic hydroxyl groups is 2. The van der Waals surface area contributed by atoms with Crippen molar-refractivity contribution >= 4 is 28.9 Å². The number of amides is 1. The van der Waals surface area contributed by atoms with Crippen LogP contribution >= 0.6 is 11.3 Å². The summed E-state index contributed by atoms with van der Waals surface area (Å²) in [5, 5.41) is 30.9. The van der Waals surface area contributed by atoms with Gasteiger partial charge in [-0.1, -0.05) is 23.5 Å². The molecule has 2 fully saturated rings. The molecule has 0 spiro atoms. The Labute approximate surface area is 235 Å². The predicted molar refractivity (Wildman–Crippen MR) is 150 cm³/mol. The topological polar surface area (TPSA) is 117 Å². The molecule has 2 unspecified atom stereocenters. The summed E-state index contributed by atoms with van der Waals surface area (Å²) in [4.78, 5) is 28.7. The van der Waals surface area contributed by atoms with E-state index in [0.29, 0.717) is 55.9 Å². The molecule has 39 heavy (non-hydrogen) atoms.